The standard InChI is InChI=1S/C22H20F6N2O3S2/c1-2-5-15-14-16(20(31,21(23,24)25)22(26,27)28)8-9-17(15)29-10-12-30(13-11-29)35(32,33)19-7-4-3-6-18(19)34/h3-4,7-9,14,31H,6,10-13H2,1H3. The van der Waals surface area contributed by atoms with Crippen molar-refractivity contribution < 1.29 is 39.9 Å². The predicted molar refractivity (Wildman–Crippen MR) is 122 cm³/mol. The van der Waals surface area contributed by atoms with Gasteiger partial charge in [0.25, 0.3) is 5.60 Å². The molecule has 35 heavy (non-hydrogen) atoms. The van der Waals surface area contributed by atoms with Crippen molar-refractivity contribution in [1.29, 1.82) is 0 Å². The molecule has 0 aromatic heterocycles. The molecule has 190 valence electrons. The van der Waals surface area contributed by atoms with Crippen LogP contribution < -0.4 is 4.90 Å². The molecule has 1 aromatic rings. The minimum Gasteiger partial charge on any atom is -0.369 e. The lowest BCUT2D eigenvalue weighted by Gasteiger charge is -2.37. The Hall–Kier alpha value is -2.40. The van der Waals surface area contributed by atoms with Crippen LogP contribution in [0.4, 0.5) is 32.0 Å². The van der Waals surface area contributed by atoms with Crippen molar-refractivity contribution >= 4 is 32.8 Å². The molecule has 3 rings (SSSR count). The van der Waals surface area contributed by atoms with E-state index in [1.54, 1.807) is 17.1 Å². The number of alkyl halides is 6. The summed E-state index contributed by atoms with van der Waals surface area (Å²) in [5.74, 6) is 4.93. The first-order chi connectivity index (χ1) is 16.1. The highest BCUT2D eigenvalue weighted by atomic mass is 32.2. The molecular formula is C22H20F6N2O3S2. The molecule has 2 aliphatic rings. The van der Waals surface area contributed by atoms with E-state index in [1.807, 2.05) is 0 Å². The van der Waals surface area contributed by atoms with Gasteiger partial charge in [-0.15, -0.1) is 5.92 Å². The van der Waals surface area contributed by atoms with Gasteiger partial charge >= 0.3 is 12.4 Å². The number of halogens is 6. The summed E-state index contributed by atoms with van der Waals surface area (Å²) < 4.78 is 107. The molecule has 0 unspecified atom stereocenters. The zero-order valence-corrected chi connectivity index (χ0v) is 19.9. The van der Waals surface area contributed by atoms with E-state index in [4.69, 9.17) is 12.2 Å². The fourth-order valence-electron chi connectivity index (χ4n) is 3.82. The second-order valence-electron chi connectivity index (χ2n) is 7.79. The number of piperazine rings is 1. The molecule has 0 spiro atoms. The number of hydrogen-bond acceptors (Lipinski definition) is 5. The van der Waals surface area contributed by atoms with Crippen molar-refractivity contribution in [2.45, 2.75) is 31.3 Å². The summed E-state index contributed by atoms with van der Waals surface area (Å²) in [5, 5.41) is 9.71. The third-order valence-corrected chi connectivity index (χ3v) is 8.15. The van der Waals surface area contributed by atoms with Crippen LogP contribution in [0, 0.1) is 11.8 Å². The average molecular weight is 539 g/mol. The summed E-state index contributed by atoms with van der Waals surface area (Å²) in [6.45, 7) is 1.60. The molecular weight excluding hydrogens is 518 g/mol. The molecule has 1 aliphatic heterocycles. The normalized spacial score (nSPS) is 18.2. The minimum absolute atomic E-state index is 0.0157. The number of allylic oxidation sites excluding steroid dienone is 4. The Morgan fingerprint density at radius 2 is 1.63 bits per heavy atom. The molecule has 1 fully saturated rings. The van der Waals surface area contributed by atoms with E-state index in [0.29, 0.717) is 18.6 Å². The summed E-state index contributed by atoms with van der Waals surface area (Å²) in [5.41, 5.74) is -6.42. The van der Waals surface area contributed by atoms with E-state index < -0.39 is 33.5 Å². The Morgan fingerprint density at radius 3 is 2.14 bits per heavy atom. The second-order valence-corrected chi connectivity index (χ2v) is 10.2. The lowest BCUT2D eigenvalue weighted by atomic mass is 9.90. The van der Waals surface area contributed by atoms with E-state index >= 15 is 0 Å². The average Bonchev–Trinajstić information content (AvgIpc) is 2.77. The molecule has 1 aliphatic carbocycles. The van der Waals surface area contributed by atoms with E-state index in [0.717, 1.165) is 6.07 Å². The number of benzene rings is 1. The van der Waals surface area contributed by atoms with Gasteiger partial charge in [0.2, 0.25) is 10.0 Å². The maximum atomic E-state index is 13.3. The predicted octanol–water partition coefficient (Wildman–Crippen LogP) is 4.04. The van der Waals surface area contributed by atoms with E-state index in [1.165, 1.54) is 17.3 Å². The largest absolute Gasteiger partial charge is 0.430 e. The Kier molecular flexibility index (Phi) is 7.44. The third kappa shape index (κ3) is 4.97. The lowest BCUT2D eigenvalue weighted by Crippen LogP contribution is -2.54. The van der Waals surface area contributed by atoms with Crippen LogP contribution in [0.25, 0.3) is 0 Å². The molecule has 1 heterocycles. The van der Waals surface area contributed by atoms with Crippen molar-refractivity contribution in [2.24, 2.45) is 0 Å². The van der Waals surface area contributed by atoms with Gasteiger partial charge < -0.3 is 10.0 Å². The van der Waals surface area contributed by atoms with Gasteiger partial charge in [-0.3, -0.25) is 0 Å². The van der Waals surface area contributed by atoms with Crippen LogP contribution in [0.3, 0.4) is 0 Å². The Morgan fingerprint density at radius 1 is 1.03 bits per heavy atom. The van der Waals surface area contributed by atoms with Crippen molar-refractivity contribution in [3.63, 3.8) is 0 Å². The van der Waals surface area contributed by atoms with Gasteiger partial charge in [-0.1, -0.05) is 36.4 Å². The fraction of sp³-hybridized carbons (Fsp3) is 0.409. The van der Waals surface area contributed by atoms with Crippen LogP contribution in [-0.4, -0.2) is 61.2 Å². The molecule has 13 heteroatoms. The van der Waals surface area contributed by atoms with Crippen LogP contribution in [0.5, 0.6) is 0 Å². The number of aliphatic hydroxyl groups is 1. The number of anilines is 1. The van der Waals surface area contributed by atoms with Gasteiger partial charge in [0.15, 0.2) is 0 Å². The van der Waals surface area contributed by atoms with Gasteiger partial charge in [0.1, 0.15) is 0 Å². The minimum atomic E-state index is -6.02. The summed E-state index contributed by atoms with van der Waals surface area (Å²) >= 11 is 5.15. The third-order valence-electron chi connectivity index (χ3n) is 5.65. The Labute approximate surface area is 203 Å². The van der Waals surface area contributed by atoms with Gasteiger partial charge in [-0.25, -0.2) is 8.42 Å². The van der Waals surface area contributed by atoms with Crippen molar-refractivity contribution in [3.05, 3.63) is 52.5 Å². The molecule has 0 bridgehead atoms. The quantitative estimate of drug-likeness (QED) is 0.357. The summed E-state index contributed by atoms with van der Waals surface area (Å²) in [4.78, 5) is 1.93. The molecule has 1 N–H and O–H groups in total. The second kappa shape index (κ2) is 9.57. The highest BCUT2D eigenvalue weighted by molar-refractivity contribution is 7.96. The maximum Gasteiger partial charge on any atom is 0.430 e. The molecule has 1 saturated heterocycles. The van der Waals surface area contributed by atoms with Gasteiger partial charge in [0.05, 0.1) is 10.6 Å². The first kappa shape index (κ1) is 27.2. The number of sulfonamides is 1. The van der Waals surface area contributed by atoms with Crippen LogP contribution in [0.15, 0.2) is 41.3 Å². The van der Waals surface area contributed by atoms with Gasteiger partial charge in [-0.05, 0) is 25.1 Å². The first-order valence-electron chi connectivity index (χ1n) is 10.2. The number of hydrogen-bond donors (Lipinski definition) is 1. The highest BCUT2D eigenvalue weighted by Crippen LogP contribution is 2.50. The van der Waals surface area contributed by atoms with E-state index in [-0.39, 0.29) is 47.2 Å². The Balaban J connectivity index is 1.90. The summed E-state index contributed by atoms with van der Waals surface area (Å²) in [6.07, 6.45) is -6.96. The van der Waals surface area contributed by atoms with Crippen molar-refractivity contribution in [3.8, 4) is 11.8 Å². The van der Waals surface area contributed by atoms with E-state index in [9.17, 15) is 39.9 Å². The van der Waals surface area contributed by atoms with Crippen LogP contribution in [0.2, 0.25) is 0 Å². The number of rotatable bonds is 4. The zero-order chi connectivity index (χ0) is 26.2. The van der Waals surface area contributed by atoms with Crippen molar-refractivity contribution in [2.75, 3.05) is 31.1 Å². The van der Waals surface area contributed by atoms with Crippen LogP contribution in [-0.2, 0) is 15.6 Å². The lowest BCUT2D eigenvalue weighted by molar-refractivity contribution is -0.376. The fourth-order valence-corrected chi connectivity index (χ4v) is 5.85. The van der Waals surface area contributed by atoms with Crippen LogP contribution >= 0.6 is 12.2 Å². The molecule has 0 amide bonds. The number of thiocarbonyl (C=S) groups is 1. The summed E-state index contributed by atoms with van der Waals surface area (Å²) in [6, 6.07) is 2.14. The Bertz CT molecular complexity index is 1220. The van der Waals surface area contributed by atoms with Gasteiger partial charge in [-0.2, -0.15) is 30.6 Å². The molecule has 0 saturated carbocycles. The maximum absolute atomic E-state index is 13.3. The zero-order valence-electron chi connectivity index (χ0n) is 18.2. The molecule has 0 radical (unpaired) electrons. The monoisotopic (exact) mass is 538 g/mol. The number of nitrogens with zero attached hydrogens (tertiary/aromatic N) is 2. The molecule has 5 nitrogen and oxygen atoms in total. The topological polar surface area (TPSA) is 60.9 Å². The SMILES string of the molecule is CC#Cc1cc(C(O)(C(F)(F)F)C(F)(F)F)ccc1N1CCN(S(=O)(=O)C2=CC=CCC2=S)CC1. The van der Waals surface area contributed by atoms with Crippen LogP contribution in [0.1, 0.15) is 24.5 Å². The smallest absolute Gasteiger partial charge is 0.369 e. The molecule has 0 atom stereocenters. The summed E-state index contributed by atoms with van der Waals surface area (Å²) in [7, 11) is -3.85. The molecule has 1 aromatic carbocycles. The highest BCUT2D eigenvalue weighted by Gasteiger charge is 2.71. The van der Waals surface area contributed by atoms with E-state index in [2.05, 4.69) is 11.8 Å². The first-order valence-corrected chi connectivity index (χ1v) is 12.1. The van der Waals surface area contributed by atoms with Crippen molar-refractivity contribution in [1.82, 2.24) is 4.31 Å². The van der Waals surface area contributed by atoms with Gasteiger partial charge in [0, 0.05) is 48.6 Å².